The number of allylic oxidation sites excluding steroid dienone is 1. The molecule has 0 fully saturated rings. The predicted molar refractivity (Wildman–Crippen MR) is 73.4 cm³/mol. The van der Waals surface area contributed by atoms with Gasteiger partial charge in [0.15, 0.2) is 0 Å². The molecule has 0 heterocycles. The molecule has 0 saturated carbocycles. The molecule has 15 heavy (non-hydrogen) atoms. The number of aliphatic imine (C=N–C) groups is 1. The number of rotatable bonds is 4. The monoisotopic (exact) mass is 212 g/mol. The fraction of sp³-hybridized carbons (Fsp3) is 0.615. The van der Waals surface area contributed by atoms with Crippen molar-refractivity contribution in [1.82, 2.24) is 5.32 Å². The van der Waals surface area contributed by atoms with Crippen LogP contribution in [0.2, 0.25) is 0 Å². The van der Waals surface area contributed by atoms with Gasteiger partial charge in [0.2, 0.25) is 0 Å². The van der Waals surface area contributed by atoms with Crippen molar-refractivity contribution in [1.29, 1.82) is 0 Å². The zero-order valence-corrected chi connectivity index (χ0v) is 11.4. The fourth-order valence-electron chi connectivity index (χ4n) is 0.438. The van der Waals surface area contributed by atoms with Gasteiger partial charge in [-0.2, -0.15) is 0 Å². The number of nitrogens with zero attached hydrogens (tertiary/aromatic N) is 1. The Morgan fingerprint density at radius 1 is 1.20 bits per heavy atom. The minimum Gasteiger partial charge on any atom is -0.371 e. The lowest BCUT2D eigenvalue weighted by Gasteiger charge is -1.98. The summed E-state index contributed by atoms with van der Waals surface area (Å²) in [6.07, 6.45) is 2.94. The number of hydrogen-bond acceptors (Lipinski definition) is 2. The van der Waals surface area contributed by atoms with Crippen LogP contribution < -0.4 is 5.32 Å². The topological polar surface area (TPSA) is 24.4 Å². The average Bonchev–Trinajstić information content (AvgIpc) is 2.20. The summed E-state index contributed by atoms with van der Waals surface area (Å²) in [5, 5.41) is 2.97. The normalized spacial score (nSPS) is 8.13. The molecule has 90 valence electrons. The van der Waals surface area contributed by atoms with Crippen LogP contribution in [0, 0.1) is 0 Å². The SMILES string of the molecule is C=C(C)/C=N\C(=C)NCC.CC.CCC. The molecule has 0 unspecified atom stereocenters. The lowest BCUT2D eigenvalue weighted by atomic mass is 10.4. The molecule has 0 radical (unpaired) electrons. The van der Waals surface area contributed by atoms with Gasteiger partial charge in [-0.05, 0) is 19.4 Å². The molecule has 0 aromatic carbocycles. The summed E-state index contributed by atoms with van der Waals surface area (Å²) >= 11 is 0. The Kier molecular flexibility index (Phi) is 24.3. The summed E-state index contributed by atoms with van der Waals surface area (Å²) in [5.74, 6) is 0.686. The summed E-state index contributed by atoms with van der Waals surface area (Å²) < 4.78 is 0. The van der Waals surface area contributed by atoms with Crippen LogP contribution >= 0.6 is 0 Å². The van der Waals surface area contributed by atoms with Crippen molar-refractivity contribution in [3.63, 3.8) is 0 Å². The van der Waals surface area contributed by atoms with Gasteiger partial charge in [-0.3, -0.25) is 0 Å². The molecule has 0 spiro atoms. The summed E-state index contributed by atoms with van der Waals surface area (Å²) in [4.78, 5) is 3.98. The Labute approximate surface area is 96.2 Å². The standard InChI is InChI=1S/C8H14N2.C3H8.C2H6/c1-5-9-8(4)10-6-7(2)3;1-3-2;1-2/h6,9H,2,4-5H2,1,3H3;3H2,1-2H3;1-2H3/b10-6-;;. The average molecular weight is 212 g/mol. The zero-order valence-electron chi connectivity index (χ0n) is 11.4. The van der Waals surface area contributed by atoms with Gasteiger partial charge in [0, 0.05) is 12.8 Å². The molecule has 0 bridgehead atoms. The first-order valence-electron chi connectivity index (χ1n) is 5.70. The first-order chi connectivity index (χ1) is 7.08. The second-order valence-electron chi connectivity index (χ2n) is 2.79. The second-order valence-corrected chi connectivity index (χ2v) is 2.79. The summed E-state index contributed by atoms with van der Waals surface area (Å²) in [5.41, 5.74) is 0.930. The molecular formula is C13H28N2. The minimum absolute atomic E-state index is 0.686. The second kappa shape index (κ2) is 18.7. The third-order valence-electron chi connectivity index (χ3n) is 0.822. The van der Waals surface area contributed by atoms with Gasteiger partial charge in [-0.1, -0.05) is 47.3 Å². The molecule has 0 aromatic heterocycles. The van der Waals surface area contributed by atoms with Crippen LogP contribution in [0.1, 0.15) is 48.0 Å². The van der Waals surface area contributed by atoms with Crippen molar-refractivity contribution >= 4 is 6.21 Å². The highest BCUT2D eigenvalue weighted by atomic mass is 15.0. The molecule has 1 N–H and O–H groups in total. The largest absolute Gasteiger partial charge is 0.371 e. The molecule has 0 amide bonds. The van der Waals surface area contributed by atoms with Crippen LogP contribution in [0.3, 0.4) is 0 Å². The Balaban J connectivity index is -0.000000245. The molecule has 0 aliphatic carbocycles. The van der Waals surface area contributed by atoms with Gasteiger partial charge in [-0.15, -0.1) is 0 Å². The van der Waals surface area contributed by atoms with Crippen molar-refractivity contribution < 1.29 is 0 Å². The van der Waals surface area contributed by atoms with Crippen LogP contribution in [0.4, 0.5) is 0 Å². The molecule has 0 aromatic rings. The Hall–Kier alpha value is -1.05. The van der Waals surface area contributed by atoms with Crippen molar-refractivity contribution in [2.24, 2.45) is 4.99 Å². The lowest BCUT2D eigenvalue weighted by Crippen LogP contribution is -2.08. The van der Waals surface area contributed by atoms with E-state index in [-0.39, 0.29) is 0 Å². The van der Waals surface area contributed by atoms with Crippen LogP contribution in [0.5, 0.6) is 0 Å². The minimum atomic E-state index is 0.686. The molecule has 0 saturated heterocycles. The fourth-order valence-corrected chi connectivity index (χ4v) is 0.438. The van der Waals surface area contributed by atoms with E-state index in [2.05, 4.69) is 37.3 Å². The highest BCUT2D eigenvalue weighted by Gasteiger charge is 1.81. The van der Waals surface area contributed by atoms with Gasteiger partial charge < -0.3 is 5.32 Å². The van der Waals surface area contributed by atoms with Gasteiger partial charge in [0.1, 0.15) is 5.82 Å². The molecule has 0 atom stereocenters. The van der Waals surface area contributed by atoms with E-state index in [0.717, 1.165) is 12.1 Å². The number of nitrogens with one attached hydrogen (secondary N) is 1. The molecule has 0 aliphatic rings. The highest BCUT2D eigenvalue weighted by Crippen LogP contribution is 1.86. The maximum atomic E-state index is 3.98. The van der Waals surface area contributed by atoms with E-state index in [1.807, 2.05) is 27.7 Å². The van der Waals surface area contributed by atoms with E-state index in [1.54, 1.807) is 6.21 Å². The molecular weight excluding hydrogens is 184 g/mol. The summed E-state index contributed by atoms with van der Waals surface area (Å²) in [6, 6.07) is 0. The van der Waals surface area contributed by atoms with E-state index in [0.29, 0.717) is 5.82 Å². The van der Waals surface area contributed by atoms with Gasteiger partial charge in [0.05, 0.1) is 0 Å². The van der Waals surface area contributed by atoms with Crippen molar-refractivity contribution in [3.8, 4) is 0 Å². The van der Waals surface area contributed by atoms with Gasteiger partial charge in [0.25, 0.3) is 0 Å². The van der Waals surface area contributed by atoms with E-state index >= 15 is 0 Å². The van der Waals surface area contributed by atoms with Crippen LogP contribution in [-0.2, 0) is 0 Å². The Morgan fingerprint density at radius 2 is 1.60 bits per heavy atom. The summed E-state index contributed by atoms with van der Waals surface area (Å²) in [7, 11) is 0. The predicted octanol–water partition coefficient (Wildman–Crippen LogP) is 4.16. The molecule has 2 heteroatoms. The summed E-state index contributed by atoms with van der Waals surface area (Å²) in [6.45, 7) is 20.3. The highest BCUT2D eigenvalue weighted by molar-refractivity contribution is 5.77. The third kappa shape index (κ3) is 32.1. The quantitative estimate of drug-likeness (QED) is 0.695. The Bertz CT molecular complexity index is 169. The first kappa shape index (κ1) is 19.5. The van der Waals surface area contributed by atoms with Crippen LogP contribution in [0.15, 0.2) is 29.5 Å². The number of hydrogen-bond donors (Lipinski definition) is 1. The van der Waals surface area contributed by atoms with Gasteiger partial charge >= 0.3 is 0 Å². The van der Waals surface area contributed by atoms with E-state index < -0.39 is 0 Å². The van der Waals surface area contributed by atoms with Crippen molar-refractivity contribution in [3.05, 3.63) is 24.6 Å². The van der Waals surface area contributed by atoms with Gasteiger partial charge in [-0.25, -0.2) is 4.99 Å². The third-order valence-corrected chi connectivity index (χ3v) is 0.822. The maximum absolute atomic E-state index is 3.98. The van der Waals surface area contributed by atoms with Crippen LogP contribution in [0.25, 0.3) is 0 Å². The van der Waals surface area contributed by atoms with E-state index in [1.165, 1.54) is 6.42 Å². The van der Waals surface area contributed by atoms with E-state index in [9.17, 15) is 0 Å². The van der Waals surface area contributed by atoms with Crippen molar-refractivity contribution in [2.75, 3.05) is 6.54 Å². The van der Waals surface area contributed by atoms with Crippen molar-refractivity contribution in [2.45, 2.75) is 48.0 Å². The Morgan fingerprint density at radius 3 is 1.87 bits per heavy atom. The lowest BCUT2D eigenvalue weighted by molar-refractivity contribution is 0.847. The van der Waals surface area contributed by atoms with E-state index in [4.69, 9.17) is 0 Å². The molecule has 2 nitrogen and oxygen atoms in total. The zero-order chi connectivity index (χ0) is 12.7. The molecule has 0 aliphatic heterocycles. The smallest absolute Gasteiger partial charge is 0.118 e. The maximum Gasteiger partial charge on any atom is 0.118 e. The molecule has 0 rings (SSSR count). The first-order valence-corrected chi connectivity index (χ1v) is 5.70. The van der Waals surface area contributed by atoms with Crippen LogP contribution in [-0.4, -0.2) is 12.8 Å².